The molecule has 1 N–H and O–H groups in total. The molecular weight excluding hydrogens is 278 g/mol. The van der Waals surface area contributed by atoms with Gasteiger partial charge in [-0.2, -0.15) is 0 Å². The zero-order chi connectivity index (χ0) is 15.7. The van der Waals surface area contributed by atoms with Gasteiger partial charge in [0.15, 0.2) is 0 Å². The number of carbonyl (C=O) groups is 2. The summed E-state index contributed by atoms with van der Waals surface area (Å²) in [7, 11) is 0. The van der Waals surface area contributed by atoms with Gasteiger partial charge in [-0.1, -0.05) is 20.3 Å². The Labute approximate surface area is 133 Å². The molecule has 0 bridgehead atoms. The molecule has 1 aliphatic carbocycles. The molecule has 3 rings (SSSR count). The molecule has 0 aromatic heterocycles. The van der Waals surface area contributed by atoms with Crippen molar-refractivity contribution >= 4 is 11.9 Å². The maximum Gasteiger partial charge on any atom is 0.326 e. The van der Waals surface area contributed by atoms with Crippen LogP contribution in [0.1, 0.15) is 65.2 Å². The van der Waals surface area contributed by atoms with Crippen molar-refractivity contribution in [1.82, 2.24) is 15.1 Å². The Morgan fingerprint density at radius 1 is 1.18 bits per heavy atom. The van der Waals surface area contributed by atoms with Crippen LogP contribution in [-0.4, -0.2) is 46.5 Å². The second-order valence-electron chi connectivity index (χ2n) is 7.44. The number of hydrogen-bond acceptors (Lipinski definition) is 3. The van der Waals surface area contributed by atoms with Gasteiger partial charge in [-0.25, -0.2) is 9.69 Å². The first-order valence-electron chi connectivity index (χ1n) is 8.94. The van der Waals surface area contributed by atoms with Gasteiger partial charge in [-0.3, -0.25) is 9.69 Å². The van der Waals surface area contributed by atoms with E-state index in [2.05, 4.69) is 24.1 Å². The van der Waals surface area contributed by atoms with Gasteiger partial charge in [0.25, 0.3) is 5.91 Å². The summed E-state index contributed by atoms with van der Waals surface area (Å²) in [6, 6.07) is 0.331. The third-order valence-corrected chi connectivity index (χ3v) is 5.92. The second kappa shape index (κ2) is 6.19. The van der Waals surface area contributed by atoms with Crippen LogP contribution >= 0.6 is 0 Å². The quantitative estimate of drug-likeness (QED) is 0.816. The topological polar surface area (TPSA) is 52.6 Å². The second-order valence-corrected chi connectivity index (χ2v) is 7.44. The number of urea groups is 1. The van der Waals surface area contributed by atoms with E-state index >= 15 is 0 Å². The van der Waals surface area contributed by atoms with Crippen LogP contribution in [-0.2, 0) is 4.79 Å². The summed E-state index contributed by atoms with van der Waals surface area (Å²) in [5.41, 5.74) is -0.596. The Bertz CT molecular complexity index is 443. The van der Waals surface area contributed by atoms with E-state index in [4.69, 9.17) is 0 Å². The highest BCUT2D eigenvalue weighted by atomic mass is 16.2. The van der Waals surface area contributed by atoms with Crippen LogP contribution in [0.2, 0.25) is 0 Å². The molecule has 1 saturated carbocycles. The van der Waals surface area contributed by atoms with Gasteiger partial charge in [-0.15, -0.1) is 0 Å². The smallest absolute Gasteiger partial charge is 0.323 e. The van der Waals surface area contributed by atoms with Crippen LogP contribution in [0.25, 0.3) is 0 Å². The van der Waals surface area contributed by atoms with E-state index < -0.39 is 5.54 Å². The van der Waals surface area contributed by atoms with Crippen LogP contribution in [0.3, 0.4) is 0 Å². The van der Waals surface area contributed by atoms with E-state index in [0.717, 1.165) is 38.6 Å². The largest absolute Gasteiger partial charge is 0.326 e. The predicted molar refractivity (Wildman–Crippen MR) is 85.2 cm³/mol. The monoisotopic (exact) mass is 307 g/mol. The summed E-state index contributed by atoms with van der Waals surface area (Å²) in [6.07, 6.45) is 8.36. The predicted octanol–water partition coefficient (Wildman–Crippen LogP) is 2.71. The van der Waals surface area contributed by atoms with E-state index in [1.54, 1.807) is 0 Å². The van der Waals surface area contributed by atoms with Crippen LogP contribution in [0.15, 0.2) is 0 Å². The van der Waals surface area contributed by atoms with Crippen molar-refractivity contribution in [1.29, 1.82) is 0 Å². The lowest BCUT2D eigenvalue weighted by Crippen LogP contribution is -2.51. The van der Waals surface area contributed by atoms with Crippen molar-refractivity contribution < 1.29 is 9.59 Å². The summed E-state index contributed by atoms with van der Waals surface area (Å²) >= 11 is 0. The molecule has 1 spiro atoms. The Morgan fingerprint density at radius 3 is 2.59 bits per heavy atom. The van der Waals surface area contributed by atoms with Crippen LogP contribution in [0.5, 0.6) is 0 Å². The molecule has 2 heterocycles. The lowest BCUT2D eigenvalue weighted by Gasteiger charge is -2.37. The molecule has 2 saturated heterocycles. The molecule has 0 unspecified atom stereocenters. The fourth-order valence-electron chi connectivity index (χ4n) is 4.29. The summed E-state index contributed by atoms with van der Waals surface area (Å²) in [5.74, 6) is 0.681. The molecule has 3 fully saturated rings. The minimum atomic E-state index is -0.596. The Balaban J connectivity index is 1.69. The third-order valence-electron chi connectivity index (χ3n) is 5.92. The average molecular weight is 307 g/mol. The number of nitrogens with one attached hydrogen (secondary N) is 1. The Morgan fingerprint density at radius 2 is 1.91 bits per heavy atom. The zero-order valence-corrected chi connectivity index (χ0v) is 13.9. The maximum absolute atomic E-state index is 12.9. The van der Waals surface area contributed by atoms with Crippen molar-refractivity contribution in [3.05, 3.63) is 0 Å². The van der Waals surface area contributed by atoms with Crippen molar-refractivity contribution in [2.75, 3.05) is 13.2 Å². The minimum absolute atomic E-state index is 0.0184. The molecule has 0 aromatic carbocycles. The molecule has 3 amide bonds. The standard InChI is InChI=1S/C17H29N3O2/c1-3-14-6-4-5-11-19(14)12-20-15(21)17(18-16(20)22)9-7-13(2)8-10-17/h13-14H,3-12H2,1-2H3,(H,18,22)/t13?,14-,17?/m0/s1. The first-order chi connectivity index (χ1) is 10.6. The van der Waals surface area contributed by atoms with E-state index in [-0.39, 0.29) is 11.9 Å². The van der Waals surface area contributed by atoms with Gasteiger partial charge >= 0.3 is 6.03 Å². The number of piperidine rings is 1. The maximum atomic E-state index is 12.9. The summed E-state index contributed by atoms with van der Waals surface area (Å²) in [4.78, 5) is 29.1. The van der Waals surface area contributed by atoms with Crippen LogP contribution < -0.4 is 5.32 Å². The summed E-state index contributed by atoms with van der Waals surface area (Å²) in [5, 5.41) is 3.02. The van der Waals surface area contributed by atoms with Gasteiger partial charge in [0, 0.05) is 12.6 Å². The lowest BCUT2D eigenvalue weighted by atomic mass is 9.77. The van der Waals surface area contributed by atoms with E-state index in [1.165, 1.54) is 24.2 Å². The molecule has 5 nitrogen and oxygen atoms in total. The van der Waals surface area contributed by atoms with E-state index in [0.29, 0.717) is 18.6 Å². The van der Waals surface area contributed by atoms with Crippen LogP contribution in [0, 0.1) is 5.92 Å². The highest BCUT2D eigenvalue weighted by Crippen LogP contribution is 2.36. The molecular formula is C17H29N3O2. The van der Waals surface area contributed by atoms with Gasteiger partial charge < -0.3 is 5.32 Å². The number of imide groups is 1. The molecule has 3 aliphatic rings. The van der Waals surface area contributed by atoms with Gasteiger partial charge in [0.1, 0.15) is 5.54 Å². The number of rotatable bonds is 3. The number of nitrogens with zero attached hydrogens (tertiary/aromatic N) is 2. The lowest BCUT2D eigenvalue weighted by molar-refractivity contribution is -0.134. The number of hydrogen-bond donors (Lipinski definition) is 1. The van der Waals surface area contributed by atoms with Gasteiger partial charge in [0.2, 0.25) is 0 Å². The minimum Gasteiger partial charge on any atom is -0.323 e. The van der Waals surface area contributed by atoms with Gasteiger partial charge in [0.05, 0.1) is 6.67 Å². The highest BCUT2D eigenvalue weighted by Gasteiger charge is 2.52. The SMILES string of the molecule is CC[C@H]1CCCCN1CN1C(=O)NC2(CCC(C)CC2)C1=O. The molecule has 5 heteroatoms. The summed E-state index contributed by atoms with van der Waals surface area (Å²) < 4.78 is 0. The number of carbonyl (C=O) groups excluding carboxylic acids is 2. The van der Waals surface area contributed by atoms with Gasteiger partial charge in [-0.05, 0) is 50.9 Å². The molecule has 22 heavy (non-hydrogen) atoms. The normalized spacial score (nSPS) is 36.9. The Hall–Kier alpha value is -1.10. The zero-order valence-electron chi connectivity index (χ0n) is 13.9. The molecule has 0 aromatic rings. The van der Waals surface area contributed by atoms with Crippen molar-refractivity contribution in [2.45, 2.75) is 76.8 Å². The third kappa shape index (κ3) is 2.75. The van der Waals surface area contributed by atoms with Crippen molar-refractivity contribution in [3.63, 3.8) is 0 Å². The highest BCUT2D eigenvalue weighted by molar-refractivity contribution is 6.07. The molecule has 124 valence electrons. The van der Waals surface area contributed by atoms with E-state index in [9.17, 15) is 9.59 Å². The van der Waals surface area contributed by atoms with Crippen molar-refractivity contribution in [2.24, 2.45) is 5.92 Å². The number of likely N-dealkylation sites (tertiary alicyclic amines) is 1. The van der Waals surface area contributed by atoms with Crippen molar-refractivity contribution in [3.8, 4) is 0 Å². The molecule has 2 aliphatic heterocycles. The fourth-order valence-corrected chi connectivity index (χ4v) is 4.29. The first kappa shape index (κ1) is 15.8. The average Bonchev–Trinajstić information content (AvgIpc) is 2.75. The van der Waals surface area contributed by atoms with E-state index in [1.807, 2.05) is 0 Å². The molecule has 1 atom stereocenters. The van der Waals surface area contributed by atoms with Crippen LogP contribution in [0.4, 0.5) is 4.79 Å². The number of amides is 3. The first-order valence-corrected chi connectivity index (χ1v) is 8.94. The summed E-state index contributed by atoms with van der Waals surface area (Å²) in [6.45, 7) is 5.89. The fraction of sp³-hybridized carbons (Fsp3) is 0.882. The Kier molecular flexibility index (Phi) is 4.44. The molecule has 0 radical (unpaired) electrons.